The van der Waals surface area contributed by atoms with E-state index in [9.17, 15) is 19.6 Å². The largest absolute Gasteiger partial charge is 1.00 e. The van der Waals surface area contributed by atoms with E-state index in [1.807, 2.05) is 26.0 Å². The van der Waals surface area contributed by atoms with E-state index >= 15 is 4.39 Å². The van der Waals surface area contributed by atoms with Gasteiger partial charge >= 0.3 is 11.8 Å². The van der Waals surface area contributed by atoms with Crippen molar-refractivity contribution in [3.05, 3.63) is 104 Å². The first-order valence-electron chi connectivity index (χ1n) is 13.9. The van der Waals surface area contributed by atoms with Crippen molar-refractivity contribution in [3.63, 3.8) is 0 Å². The van der Waals surface area contributed by atoms with Crippen molar-refractivity contribution in [1.29, 1.82) is 5.26 Å². The number of aliphatic hydroxyl groups is 1. The Hall–Kier alpha value is -4.31. The standard InChI is InChI=1S/C33H29F2N5O3S.BrH/c1-19-13-22(14-20(2)30(19)43-21(3)41)7-6-12-33(42,26-11-10-24(34)15-27(26)35)29(31-37-18-38-40-31)32-39-28(17-44-32)25-9-5-4-8-23(25)16-36;/h4-5,8-11,13-15,17-18,29,42H,6-7,12H2,1-3H3,(H,38,40);1H/q+1;/p-1/t29?,33-;/m0./s1. The quantitative estimate of drug-likeness (QED) is 0.195. The number of nitriles is 1. The van der Waals surface area contributed by atoms with E-state index in [0.29, 0.717) is 40.4 Å². The number of nitrogens with zero attached hydrogens (tertiary/aromatic N) is 4. The molecule has 231 valence electrons. The summed E-state index contributed by atoms with van der Waals surface area (Å²) >= 11 is 1.23. The second kappa shape index (κ2) is 14.2. The molecule has 2 heterocycles. The molecule has 1 aliphatic heterocycles. The molecule has 2 atom stereocenters. The molecule has 1 aromatic heterocycles. The van der Waals surface area contributed by atoms with Crippen molar-refractivity contribution in [2.45, 2.75) is 51.6 Å². The third-order valence-corrected chi connectivity index (χ3v) is 8.36. The Morgan fingerprint density at radius 2 is 1.91 bits per heavy atom. The van der Waals surface area contributed by atoms with Crippen LogP contribution < -0.4 is 32.1 Å². The van der Waals surface area contributed by atoms with Gasteiger partial charge < -0.3 is 26.8 Å². The fourth-order valence-corrected chi connectivity index (χ4v) is 6.56. The van der Waals surface area contributed by atoms with E-state index in [1.54, 1.807) is 29.6 Å². The highest BCUT2D eigenvalue weighted by Gasteiger charge is 2.49. The van der Waals surface area contributed by atoms with Gasteiger partial charge in [0.2, 0.25) is 0 Å². The number of rotatable bonds is 10. The molecule has 1 unspecified atom stereocenters. The molecule has 0 aliphatic carbocycles. The van der Waals surface area contributed by atoms with Gasteiger partial charge in [0.15, 0.2) is 0 Å². The summed E-state index contributed by atoms with van der Waals surface area (Å²) in [7, 11) is 0. The van der Waals surface area contributed by atoms with Gasteiger partial charge in [0, 0.05) is 34.6 Å². The van der Waals surface area contributed by atoms with Crippen LogP contribution in [0.2, 0.25) is 0 Å². The maximum Gasteiger partial charge on any atom is 0.324 e. The minimum atomic E-state index is -1.94. The van der Waals surface area contributed by atoms with Crippen LogP contribution in [-0.4, -0.2) is 28.2 Å². The molecule has 1 radical (unpaired) electrons. The molecule has 0 spiro atoms. The van der Waals surface area contributed by atoms with Gasteiger partial charge in [-0.2, -0.15) is 5.26 Å². The van der Waals surface area contributed by atoms with Crippen molar-refractivity contribution < 1.29 is 40.4 Å². The number of carbonyl (C=O) groups is 1. The third kappa shape index (κ3) is 7.17. The Morgan fingerprint density at radius 1 is 1.18 bits per heavy atom. The normalized spacial score (nSPS) is 14.0. The Labute approximate surface area is 273 Å². The maximum atomic E-state index is 15.5. The first-order chi connectivity index (χ1) is 21.1. The topological polar surface area (TPSA) is 122 Å². The van der Waals surface area contributed by atoms with Crippen LogP contribution in [0.1, 0.15) is 58.5 Å². The molecule has 0 saturated heterocycles. The van der Waals surface area contributed by atoms with Gasteiger partial charge in [-0.05, 0) is 61.9 Å². The zero-order valence-corrected chi connectivity index (χ0v) is 27.0. The average Bonchev–Trinajstić information content (AvgIpc) is 3.68. The predicted octanol–water partition coefficient (Wildman–Crippen LogP) is 2.78. The number of hydrogen-bond donors (Lipinski definition) is 2. The summed E-state index contributed by atoms with van der Waals surface area (Å²) in [5.74, 6) is -2.42. The number of nitrogens with one attached hydrogen (secondary N) is 1. The molecule has 0 bridgehead atoms. The maximum absolute atomic E-state index is 15.5. The van der Waals surface area contributed by atoms with E-state index < -0.39 is 29.1 Å². The minimum Gasteiger partial charge on any atom is -1.00 e. The number of aryl methyl sites for hydroxylation is 3. The zero-order chi connectivity index (χ0) is 31.4. The third-order valence-electron chi connectivity index (χ3n) is 7.45. The smallest absolute Gasteiger partial charge is 0.324 e. The van der Waals surface area contributed by atoms with E-state index in [2.05, 4.69) is 21.6 Å². The van der Waals surface area contributed by atoms with Crippen LogP contribution in [0.3, 0.4) is 0 Å². The highest BCUT2D eigenvalue weighted by Crippen LogP contribution is 2.45. The Morgan fingerprint density at radius 3 is 2.56 bits per heavy atom. The second-order valence-corrected chi connectivity index (χ2v) is 11.5. The van der Waals surface area contributed by atoms with E-state index in [4.69, 9.17) is 9.72 Å². The highest BCUT2D eigenvalue weighted by molar-refractivity contribution is 7.10. The zero-order valence-electron chi connectivity index (χ0n) is 24.6. The lowest BCUT2D eigenvalue weighted by Crippen LogP contribution is -3.00. The van der Waals surface area contributed by atoms with E-state index in [-0.39, 0.29) is 34.8 Å². The molecule has 5 rings (SSSR count). The number of esters is 1. The van der Waals surface area contributed by atoms with Gasteiger partial charge in [0.05, 0.1) is 17.3 Å². The summed E-state index contributed by atoms with van der Waals surface area (Å²) in [5.41, 5.74) is 4.72. The molecule has 2 N–H and O–H groups in total. The molecule has 3 aromatic carbocycles. The molecule has 4 aromatic rings. The van der Waals surface area contributed by atoms with Crippen LogP contribution in [0, 0.1) is 36.8 Å². The molecule has 0 saturated carbocycles. The lowest BCUT2D eigenvalue weighted by Gasteiger charge is -2.33. The van der Waals surface area contributed by atoms with Crippen LogP contribution in [0.5, 0.6) is 5.75 Å². The first kappa shape index (κ1) is 33.6. The van der Waals surface area contributed by atoms with Gasteiger partial charge in [-0.3, -0.25) is 4.79 Å². The Kier molecular flexibility index (Phi) is 10.6. The van der Waals surface area contributed by atoms with Crippen LogP contribution >= 0.6 is 11.3 Å². The van der Waals surface area contributed by atoms with Gasteiger partial charge in [0.1, 0.15) is 33.9 Å². The number of benzene rings is 3. The lowest BCUT2D eigenvalue weighted by atomic mass is 9.76. The Bertz CT molecular complexity index is 1810. The van der Waals surface area contributed by atoms with Gasteiger partial charge in [-0.15, -0.1) is 16.8 Å². The number of halogens is 3. The molecular formula is C33H29BrF2N5O3S. The lowest BCUT2D eigenvalue weighted by molar-refractivity contribution is -0.132. The fourth-order valence-electron chi connectivity index (χ4n) is 5.56. The van der Waals surface area contributed by atoms with Crippen molar-refractivity contribution in [2.24, 2.45) is 5.10 Å². The first-order valence-corrected chi connectivity index (χ1v) is 14.8. The molecule has 45 heavy (non-hydrogen) atoms. The number of carbonyl (C=O) groups excluding carboxylic acids is 1. The monoisotopic (exact) mass is 692 g/mol. The van der Waals surface area contributed by atoms with Crippen LogP contribution in [0.25, 0.3) is 11.3 Å². The molecular weight excluding hydrogens is 664 g/mol. The number of hydrazone groups is 1. The minimum absolute atomic E-state index is 0. The number of hydrogen-bond acceptors (Lipinski definition) is 9. The summed E-state index contributed by atoms with van der Waals surface area (Å²) in [5, 5.41) is 28.6. The van der Waals surface area contributed by atoms with Gasteiger partial charge in [-0.25, -0.2) is 13.8 Å². The number of aromatic nitrogens is 1. The highest BCUT2D eigenvalue weighted by atomic mass is 79.9. The van der Waals surface area contributed by atoms with Gasteiger partial charge in [0.25, 0.3) is 6.34 Å². The summed E-state index contributed by atoms with van der Waals surface area (Å²) in [6, 6.07) is 16.1. The fraction of sp³-hybridized carbons (Fsp3) is 0.242. The van der Waals surface area contributed by atoms with E-state index in [0.717, 1.165) is 28.8 Å². The van der Waals surface area contributed by atoms with E-state index in [1.165, 1.54) is 30.7 Å². The van der Waals surface area contributed by atoms with Crippen LogP contribution in [0.15, 0.2) is 65.1 Å². The van der Waals surface area contributed by atoms with Crippen LogP contribution in [0.4, 0.5) is 8.78 Å². The summed E-state index contributed by atoms with van der Waals surface area (Å²) < 4.78 is 34.9. The molecule has 0 amide bonds. The molecule has 1 aliphatic rings. The van der Waals surface area contributed by atoms with Crippen molar-refractivity contribution in [3.8, 4) is 23.1 Å². The van der Waals surface area contributed by atoms with Gasteiger partial charge in [-0.1, -0.05) is 41.4 Å². The summed E-state index contributed by atoms with van der Waals surface area (Å²) in [4.78, 5) is 20.6. The molecule has 0 fully saturated rings. The van der Waals surface area contributed by atoms with Crippen molar-refractivity contribution in [2.75, 3.05) is 0 Å². The number of aliphatic imine (C=N–C) groups is 1. The average molecular weight is 694 g/mol. The number of ether oxygens (including phenoxy) is 1. The number of amidine groups is 1. The molecule has 12 heteroatoms. The van der Waals surface area contributed by atoms with Crippen LogP contribution in [-0.2, 0) is 16.8 Å². The predicted molar refractivity (Wildman–Crippen MR) is 164 cm³/mol. The summed E-state index contributed by atoms with van der Waals surface area (Å²) in [6.07, 6.45) is 2.31. The van der Waals surface area contributed by atoms with Crippen molar-refractivity contribution >= 4 is 29.5 Å². The second-order valence-electron chi connectivity index (χ2n) is 10.6. The summed E-state index contributed by atoms with van der Waals surface area (Å²) in [6.45, 7) is 5.05. The van der Waals surface area contributed by atoms with Crippen molar-refractivity contribution in [1.82, 2.24) is 15.4 Å². The Balaban J connectivity index is 0.00000461. The number of thiazole rings is 1. The molecule has 8 nitrogen and oxygen atoms in total. The SMILES string of the molecule is CC(=O)Oc1c(C)cc(CCC[C@](O)(c2ccc(F)cc2F)C(C2=NNC=[N+]2)c2nc(-c3ccccc3C#N)cs2)cc1C.[Br-].